The molecular formula is C7H8NO3P. The second-order valence-electron chi connectivity index (χ2n) is 1.98. The summed E-state index contributed by atoms with van der Waals surface area (Å²) in [7, 11) is 6.20. The Hall–Kier alpha value is -0.340. The summed E-state index contributed by atoms with van der Waals surface area (Å²) in [6.07, 6.45) is -0.558. The third-order valence-corrected chi connectivity index (χ3v) is 2.23. The van der Waals surface area contributed by atoms with Crippen LogP contribution in [-0.4, -0.2) is 23.6 Å². The summed E-state index contributed by atoms with van der Waals surface area (Å²) in [4.78, 5) is 11.0. The van der Waals surface area contributed by atoms with Gasteiger partial charge in [-0.3, -0.25) is 9.36 Å². The number of nitrogens with zero attached hydrogens (tertiary/aromatic N) is 1. The lowest BCUT2D eigenvalue weighted by Gasteiger charge is -2.13. The van der Waals surface area contributed by atoms with Crippen molar-refractivity contribution >= 4 is 13.3 Å². The van der Waals surface area contributed by atoms with E-state index in [9.17, 15) is 9.36 Å². The van der Waals surface area contributed by atoms with Crippen LogP contribution in [0.5, 0.6) is 0 Å². The molecule has 0 rings (SSSR count). The van der Waals surface area contributed by atoms with Crippen molar-refractivity contribution < 1.29 is 13.9 Å². The van der Waals surface area contributed by atoms with Gasteiger partial charge in [0.15, 0.2) is 0 Å². The van der Waals surface area contributed by atoms with Gasteiger partial charge in [-0.15, -0.1) is 0 Å². The molecule has 0 heterocycles. The van der Waals surface area contributed by atoms with Crippen LogP contribution in [0.2, 0.25) is 0 Å². The van der Waals surface area contributed by atoms with Crippen molar-refractivity contribution in [3.63, 3.8) is 0 Å². The molecule has 0 aromatic carbocycles. The van der Waals surface area contributed by atoms with Crippen molar-refractivity contribution in [3.05, 3.63) is 27.7 Å². The fourth-order valence-corrected chi connectivity index (χ4v) is 1.33. The molecule has 0 saturated heterocycles. The lowest BCUT2D eigenvalue weighted by Crippen LogP contribution is -2.21. The molecule has 0 spiro atoms. The van der Waals surface area contributed by atoms with Crippen LogP contribution >= 0.6 is 7.37 Å². The number of rotatable bonds is 4. The van der Waals surface area contributed by atoms with Crippen molar-refractivity contribution in [3.8, 4) is 0 Å². The van der Waals surface area contributed by atoms with E-state index in [1.165, 1.54) is 0 Å². The number of hydrogen-bond donors (Lipinski definition) is 0. The van der Waals surface area contributed by atoms with Gasteiger partial charge in [-0.1, -0.05) is 0 Å². The van der Waals surface area contributed by atoms with Crippen LogP contribution in [0.4, 0.5) is 0 Å². The lowest BCUT2D eigenvalue weighted by molar-refractivity contribution is -0.124. The molecule has 0 fully saturated rings. The predicted molar refractivity (Wildman–Crippen MR) is 42.5 cm³/mol. The Morgan fingerprint density at radius 1 is 1.50 bits per heavy atom. The zero-order valence-electron chi connectivity index (χ0n) is 6.34. The Balaban J connectivity index is 4.06. The summed E-state index contributed by atoms with van der Waals surface area (Å²) in [6, 6.07) is 0. The minimum Gasteiger partial charge on any atom is -0.328 e. The topological polar surface area (TPSA) is 46.6 Å². The maximum Gasteiger partial charge on any atom is 0.233 e. The summed E-state index contributed by atoms with van der Waals surface area (Å²) < 4.78 is 15.4. The van der Waals surface area contributed by atoms with Gasteiger partial charge in [0, 0.05) is 0 Å². The fourth-order valence-electron chi connectivity index (χ4n) is 0.442. The van der Waals surface area contributed by atoms with E-state index in [0.29, 0.717) is 4.90 Å². The molecule has 0 aromatic heterocycles. The first-order chi connectivity index (χ1) is 5.39. The smallest absolute Gasteiger partial charge is 0.233 e. The first kappa shape index (κ1) is 11.7. The van der Waals surface area contributed by atoms with Gasteiger partial charge in [-0.25, -0.2) is 0 Å². The normalized spacial score (nSPS) is 15.3. The number of amides is 1. The summed E-state index contributed by atoms with van der Waals surface area (Å²) in [5.74, 6) is -0.783. The van der Waals surface area contributed by atoms with Crippen molar-refractivity contribution in [1.29, 1.82) is 0 Å². The highest BCUT2D eigenvalue weighted by atomic mass is 31.2. The van der Waals surface area contributed by atoms with Crippen LogP contribution in [0.25, 0.3) is 0 Å². The fraction of sp³-hybridized carbons (Fsp3) is 0.286. The van der Waals surface area contributed by atoms with Crippen LogP contribution in [0, 0.1) is 27.7 Å². The highest BCUT2D eigenvalue weighted by molar-refractivity contribution is 7.61. The highest BCUT2D eigenvalue weighted by Gasteiger charge is 2.21. The van der Waals surface area contributed by atoms with Gasteiger partial charge in [0.05, 0.1) is 27.4 Å². The van der Waals surface area contributed by atoms with Crippen LogP contribution in [-0.2, 0) is 13.9 Å². The molecule has 1 amide bonds. The van der Waals surface area contributed by atoms with Crippen molar-refractivity contribution in [2.75, 3.05) is 12.8 Å². The van der Waals surface area contributed by atoms with Gasteiger partial charge >= 0.3 is 0 Å². The largest absolute Gasteiger partial charge is 0.328 e. The molecule has 0 aliphatic heterocycles. The molecule has 0 N–H and O–H groups in total. The van der Waals surface area contributed by atoms with E-state index in [0.717, 1.165) is 0 Å². The average molecular weight is 185 g/mol. The van der Waals surface area contributed by atoms with Crippen LogP contribution in [0.1, 0.15) is 0 Å². The molecule has 0 bridgehead atoms. The molecule has 0 aliphatic rings. The minimum absolute atomic E-state index is 0.291. The molecular weight excluding hydrogens is 177 g/mol. The van der Waals surface area contributed by atoms with Crippen LogP contribution in [0.15, 0.2) is 0 Å². The average Bonchev–Trinajstić information content (AvgIpc) is 1.85. The van der Waals surface area contributed by atoms with Gasteiger partial charge in [-0.05, 0) is 6.92 Å². The Kier molecular flexibility index (Phi) is 4.50. The SMILES string of the molecule is [CH]COP([CH])(=O)CC(=O)N([CH])[CH]. The molecule has 8 radical (unpaired) electrons. The van der Waals surface area contributed by atoms with E-state index >= 15 is 0 Å². The third-order valence-electron chi connectivity index (χ3n) is 0.937. The maximum absolute atomic E-state index is 11.0. The van der Waals surface area contributed by atoms with Crippen LogP contribution < -0.4 is 0 Å². The van der Waals surface area contributed by atoms with E-state index in [2.05, 4.69) is 4.52 Å². The Bertz CT molecular complexity index is 203. The summed E-state index contributed by atoms with van der Waals surface area (Å²) in [6.45, 7) is 9.64. The molecule has 4 nitrogen and oxygen atoms in total. The molecule has 5 heteroatoms. The Morgan fingerprint density at radius 3 is 2.33 bits per heavy atom. The Morgan fingerprint density at radius 2 is 2.00 bits per heavy atom. The van der Waals surface area contributed by atoms with Crippen molar-refractivity contribution in [2.45, 2.75) is 0 Å². The first-order valence-corrected chi connectivity index (χ1v) is 4.81. The van der Waals surface area contributed by atoms with E-state index in [4.69, 9.17) is 27.7 Å². The molecule has 0 aromatic rings. The van der Waals surface area contributed by atoms with Gasteiger partial charge in [-0.2, -0.15) is 0 Å². The van der Waals surface area contributed by atoms with Crippen molar-refractivity contribution in [2.24, 2.45) is 0 Å². The molecule has 1 atom stereocenters. The number of carbonyl (C=O) groups is 1. The van der Waals surface area contributed by atoms with E-state index in [-0.39, 0.29) is 6.61 Å². The zero-order chi connectivity index (χ0) is 9.78. The first-order valence-electron chi connectivity index (χ1n) is 2.93. The van der Waals surface area contributed by atoms with E-state index in [1.54, 1.807) is 0 Å². The maximum atomic E-state index is 11.0. The second kappa shape index (κ2) is 4.63. The molecule has 64 valence electrons. The van der Waals surface area contributed by atoms with E-state index in [1.807, 2.05) is 0 Å². The summed E-state index contributed by atoms with van der Waals surface area (Å²) >= 11 is 0. The summed E-state index contributed by atoms with van der Waals surface area (Å²) in [5, 5.41) is 0. The molecule has 1 unspecified atom stereocenters. The van der Waals surface area contributed by atoms with Gasteiger partial charge in [0.1, 0.15) is 6.16 Å². The molecule has 0 aliphatic carbocycles. The quantitative estimate of drug-likeness (QED) is 0.481. The zero-order valence-corrected chi connectivity index (χ0v) is 7.24. The Labute approximate surface area is 73.3 Å². The molecule has 0 saturated carbocycles. The monoisotopic (exact) mass is 185 g/mol. The number of hydrogen-bond acceptors (Lipinski definition) is 3. The van der Waals surface area contributed by atoms with Gasteiger partial charge in [0.25, 0.3) is 0 Å². The standard InChI is InChI=1S/C7H8NO3P/c1-5-11-12(4,10)6-7(9)8(2)3/h1-4H,5-6H2. The predicted octanol–water partition coefficient (Wildman–Crippen LogP) is 0.827. The van der Waals surface area contributed by atoms with E-state index < -0.39 is 19.4 Å². The number of carbonyl (C=O) groups excluding carboxylic acids is 1. The highest BCUT2D eigenvalue weighted by Crippen LogP contribution is 2.44. The van der Waals surface area contributed by atoms with Crippen LogP contribution in [0.3, 0.4) is 0 Å². The molecule has 12 heavy (non-hydrogen) atoms. The van der Waals surface area contributed by atoms with Crippen molar-refractivity contribution in [1.82, 2.24) is 4.90 Å². The minimum atomic E-state index is -3.48. The lowest BCUT2D eigenvalue weighted by atomic mass is 10.6. The van der Waals surface area contributed by atoms with Gasteiger partial charge < -0.3 is 9.42 Å². The second-order valence-corrected chi connectivity index (χ2v) is 4.01. The summed E-state index contributed by atoms with van der Waals surface area (Å²) in [5.41, 5.74) is 0. The third kappa shape index (κ3) is 4.52. The van der Waals surface area contributed by atoms with Gasteiger partial charge in [0.2, 0.25) is 13.3 Å².